The van der Waals surface area contributed by atoms with Gasteiger partial charge in [-0.05, 0) is 36.4 Å². The van der Waals surface area contributed by atoms with Crippen LogP contribution in [0.4, 0.5) is 4.39 Å². The van der Waals surface area contributed by atoms with Crippen LogP contribution in [-0.2, 0) is 10.0 Å². The van der Waals surface area contributed by atoms with Crippen molar-refractivity contribution >= 4 is 16.0 Å². The molecule has 0 spiro atoms. The van der Waals surface area contributed by atoms with Crippen molar-refractivity contribution in [3.05, 3.63) is 59.9 Å². The molecular formula is C16H16FNO6S. The number of hydrogen-bond acceptors (Lipinski definition) is 5. The summed E-state index contributed by atoms with van der Waals surface area (Å²) in [6, 6.07) is 10.3. The van der Waals surface area contributed by atoms with Gasteiger partial charge in [0.15, 0.2) is 0 Å². The lowest BCUT2D eigenvalue weighted by atomic mass is 10.2. The van der Waals surface area contributed by atoms with Gasteiger partial charge in [0.25, 0.3) is 0 Å². The number of ether oxygens (including phenoxy) is 1. The van der Waals surface area contributed by atoms with E-state index in [0.29, 0.717) is 5.75 Å². The number of halogens is 1. The Morgan fingerprint density at radius 2 is 1.80 bits per heavy atom. The molecular weight excluding hydrogens is 353 g/mol. The molecule has 0 aliphatic heterocycles. The Balaban J connectivity index is 1.95. The molecule has 0 amide bonds. The van der Waals surface area contributed by atoms with Crippen molar-refractivity contribution in [1.29, 1.82) is 0 Å². The molecule has 2 aromatic rings. The van der Waals surface area contributed by atoms with Crippen LogP contribution in [-0.4, -0.2) is 43.9 Å². The van der Waals surface area contributed by atoms with E-state index in [9.17, 15) is 22.7 Å². The second-order valence-electron chi connectivity index (χ2n) is 5.07. The summed E-state index contributed by atoms with van der Waals surface area (Å²) < 4.78 is 44.5. The second kappa shape index (κ2) is 8.06. The monoisotopic (exact) mass is 369 g/mol. The second-order valence-corrected chi connectivity index (χ2v) is 6.81. The van der Waals surface area contributed by atoms with Crippen molar-refractivity contribution in [2.75, 3.05) is 13.2 Å². The molecule has 2 rings (SSSR count). The van der Waals surface area contributed by atoms with Crippen LogP contribution < -0.4 is 9.46 Å². The number of hydrogen-bond donors (Lipinski definition) is 3. The van der Waals surface area contributed by atoms with Crippen molar-refractivity contribution in [2.24, 2.45) is 0 Å². The molecule has 7 nitrogen and oxygen atoms in total. The highest BCUT2D eigenvalue weighted by molar-refractivity contribution is 7.89. The van der Waals surface area contributed by atoms with Gasteiger partial charge < -0.3 is 14.9 Å². The fourth-order valence-electron chi connectivity index (χ4n) is 1.94. The average Bonchev–Trinajstić information content (AvgIpc) is 2.59. The van der Waals surface area contributed by atoms with Crippen LogP contribution in [0.5, 0.6) is 5.75 Å². The Morgan fingerprint density at radius 1 is 1.16 bits per heavy atom. The first-order valence-corrected chi connectivity index (χ1v) is 8.66. The number of carboxylic acids is 1. The highest BCUT2D eigenvalue weighted by Gasteiger charge is 2.22. The number of aliphatic hydroxyl groups is 1. The minimum absolute atomic E-state index is 0.227. The van der Waals surface area contributed by atoms with E-state index in [1.54, 1.807) is 0 Å². The van der Waals surface area contributed by atoms with E-state index in [1.165, 1.54) is 42.5 Å². The topological polar surface area (TPSA) is 113 Å². The summed E-state index contributed by atoms with van der Waals surface area (Å²) in [4.78, 5) is 10.7. The Labute approximate surface area is 143 Å². The van der Waals surface area contributed by atoms with Crippen molar-refractivity contribution in [2.45, 2.75) is 11.0 Å². The van der Waals surface area contributed by atoms with Crippen LogP contribution >= 0.6 is 0 Å². The van der Waals surface area contributed by atoms with E-state index in [4.69, 9.17) is 9.84 Å². The minimum Gasteiger partial charge on any atom is -0.491 e. The first kappa shape index (κ1) is 18.8. The molecule has 3 N–H and O–H groups in total. The quantitative estimate of drug-likeness (QED) is 0.645. The van der Waals surface area contributed by atoms with Gasteiger partial charge in [-0.2, -0.15) is 0 Å². The Bertz CT molecular complexity index is 838. The number of nitrogens with one attached hydrogen (secondary N) is 1. The molecule has 0 radical (unpaired) electrons. The van der Waals surface area contributed by atoms with E-state index < -0.39 is 32.8 Å². The van der Waals surface area contributed by atoms with Crippen LogP contribution in [0.3, 0.4) is 0 Å². The number of carbonyl (C=O) groups is 1. The Hall–Kier alpha value is -2.49. The number of benzene rings is 2. The van der Waals surface area contributed by atoms with Crippen molar-refractivity contribution in [1.82, 2.24) is 4.72 Å². The summed E-state index contributed by atoms with van der Waals surface area (Å²) in [5, 5.41) is 18.9. The molecule has 25 heavy (non-hydrogen) atoms. The fourth-order valence-corrected chi connectivity index (χ4v) is 3.21. The lowest BCUT2D eigenvalue weighted by Gasteiger charge is -2.14. The van der Waals surface area contributed by atoms with E-state index in [1.807, 2.05) is 0 Å². The van der Waals surface area contributed by atoms with Crippen LogP contribution in [0.15, 0.2) is 53.4 Å². The molecule has 134 valence electrons. The molecule has 0 aromatic heterocycles. The normalized spacial score (nSPS) is 12.6. The summed E-state index contributed by atoms with van der Waals surface area (Å²) in [6.45, 7) is -0.605. The van der Waals surface area contributed by atoms with Crippen molar-refractivity contribution in [3.8, 4) is 5.75 Å². The number of aromatic carboxylic acids is 1. The third-order valence-electron chi connectivity index (χ3n) is 3.17. The van der Waals surface area contributed by atoms with Gasteiger partial charge in [-0.1, -0.05) is 12.1 Å². The van der Waals surface area contributed by atoms with Gasteiger partial charge in [0, 0.05) is 6.54 Å². The molecule has 0 fully saturated rings. The van der Waals surface area contributed by atoms with E-state index in [2.05, 4.69) is 4.72 Å². The average molecular weight is 369 g/mol. The Kier molecular flexibility index (Phi) is 6.07. The summed E-state index contributed by atoms with van der Waals surface area (Å²) in [7, 11) is -4.12. The van der Waals surface area contributed by atoms with Gasteiger partial charge in [0.05, 0.1) is 10.5 Å². The van der Waals surface area contributed by atoms with Crippen molar-refractivity contribution < 1.29 is 32.6 Å². The molecule has 0 saturated carbocycles. The van der Waals surface area contributed by atoms with Gasteiger partial charge in [0.1, 0.15) is 24.3 Å². The van der Waals surface area contributed by atoms with Gasteiger partial charge >= 0.3 is 5.97 Å². The summed E-state index contributed by atoms with van der Waals surface area (Å²) in [6.07, 6.45) is -1.18. The van der Waals surface area contributed by atoms with Gasteiger partial charge in [-0.15, -0.1) is 0 Å². The zero-order valence-corrected chi connectivity index (χ0v) is 13.7. The molecule has 1 atom stereocenters. The molecule has 0 heterocycles. The van der Waals surface area contributed by atoms with E-state index >= 15 is 0 Å². The number of rotatable bonds is 8. The molecule has 0 aliphatic carbocycles. The molecule has 0 bridgehead atoms. The highest BCUT2D eigenvalue weighted by Crippen LogP contribution is 2.15. The smallest absolute Gasteiger partial charge is 0.337 e. The first-order valence-electron chi connectivity index (χ1n) is 7.18. The third kappa shape index (κ3) is 5.24. The molecule has 0 saturated heterocycles. The van der Waals surface area contributed by atoms with E-state index in [0.717, 1.165) is 6.07 Å². The van der Waals surface area contributed by atoms with Crippen LogP contribution in [0.2, 0.25) is 0 Å². The third-order valence-corrected chi connectivity index (χ3v) is 4.65. The van der Waals surface area contributed by atoms with Gasteiger partial charge in [-0.25, -0.2) is 22.3 Å². The molecule has 9 heteroatoms. The maximum atomic E-state index is 12.8. The van der Waals surface area contributed by atoms with Crippen molar-refractivity contribution in [3.63, 3.8) is 0 Å². The SMILES string of the molecule is O=C(O)c1ccccc1S(=O)(=O)NCC(O)COc1ccc(F)cc1. The number of sulfonamides is 1. The van der Waals surface area contributed by atoms with Gasteiger partial charge in [0.2, 0.25) is 10.0 Å². The van der Waals surface area contributed by atoms with Crippen LogP contribution in [0.25, 0.3) is 0 Å². The van der Waals surface area contributed by atoms with Crippen LogP contribution in [0, 0.1) is 5.82 Å². The van der Waals surface area contributed by atoms with E-state index in [-0.39, 0.29) is 18.7 Å². The lowest BCUT2D eigenvalue weighted by Crippen LogP contribution is -2.35. The standard InChI is InChI=1S/C16H16FNO6S/c17-11-5-7-13(8-6-11)24-10-12(19)9-18-25(22,23)15-4-2-1-3-14(15)16(20)21/h1-8,12,18-19H,9-10H2,(H,20,21). The zero-order chi connectivity index (χ0) is 18.4. The molecule has 2 aromatic carbocycles. The Morgan fingerprint density at radius 3 is 2.44 bits per heavy atom. The first-order chi connectivity index (χ1) is 11.8. The summed E-state index contributed by atoms with van der Waals surface area (Å²) in [5.74, 6) is -1.49. The van der Waals surface area contributed by atoms with Gasteiger partial charge in [-0.3, -0.25) is 0 Å². The zero-order valence-electron chi connectivity index (χ0n) is 12.9. The fraction of sp³-hybridized carbons (Fsp3) is 0.188. The largest absolute Gasteiger partial charge is 0.491 e. The highest BCUT2D eigenvalue weighted by atomic mass is 32.2. The maximum Gasteiger partial charge on any atom is 0.337 e. The number of carboxylic acid groups (broad SMARTS) is 1. The minimum atomic E-state index is -4.12. The summed E-state index contributed by atoms with van der Waals surface area (Å²) >= 11 is 0. The predicted molar refractivity (Wildman–Crippen MR) is 86.5 cm³/mol. The lowest BCUT2D eigenvalue weighted by molar-refractivity contribution is 0.0692. The number of aliphatic hydroxyl groups excluding tert-OH is 1. The molecule has 1 unspecified atom stereocenters. The predicted octanol–water partition coefficient (Wildman–Crippen LogP) is 1.24. The molecule has 0 aliphatic rings. The maximum absolute atomic E-state index is 12.8. The summed E-state index contributed by atoms with van der Waals surface area (Å²) in [5.41, 5.74) is -0.368. The van der Waals surface area contributed by atoms with Crippen LogP contribution in [0.1, 0.15) is 10.4 Å².